The van der Waals surface area contributed by atoms with Gasteiger partial charge in [-0.05, 0) is 64.2 Å². The second kappa shape index (κ2) is 36.6. The van der Waals surface area contributed by atoms with Crippen LogP contribution in [-0.4, -0.2) is 142 Å². The van der Waals surface area contributed by atoms with Crippen LogP contribution in [0.1, 0.15) is 129 Å². The molecular weight excluding hydrogens is 813 g/mol. The molecule has 0 aromatic carbocycles. The highest BCUT2D eigenvalue weighted by atomic mass is 16.7. The van der Waals surface area contributed by atoms with Crippen molar-refractivity contribution in [3.63, 3.8) is 0 Å². The van der Waals surface area contributed by atoms with E-state index < -0.39 is 86.7 Å². The molecule has 0 bridgehead atoms. The predicted molar refractivity (Wildman–Crippen MR) is 242 cm³/mol. The van der Waals surface area contributed by atoms with E-state index in [2.05, 4.69) is 86.8 Å². The molecule has 11 atom stereocenters. The van der Waals surface area contributed by atoms with E-state index >= 15 is 0 Å². The molecule has 362 valence electrons. The lowest BCUT2D eigenvalue weighted by atomic mass is 9.98. The zero-order valence-electron chi connectivity index (χ0n) is 38.0. The summed E-state index contributed by atoms with van der Waals surface area (Å²) in [5.74, 6) is -0.400. The van der Waals surface area contributed by atoms with Gasteiger partial charge in [0.15, 0.2) is 12.6 Å². The summed E-state index contributed by atoms with van der Waals surface area (Å²) in [5.41, 5.74) is 0. The van der Waals surface area contributed by atoms with Gasteiger partial charge in [-0.3, -0.25) is 4.79 Å². The quantitative estimate of drug-likeness (QED) is 0.0223. The molecule has 2 aliphatic heterocycles. The van der Waals surface area contributed by atoms with E-state index in [1.54, 1.807) is 0 Å². The molecule has 0 aliphatic carbocycles. The third kappa shape index (κ3) is 25.1. The monoisotopic (exact) mass is 895 g/mol. The van der Waals surface area contributed by atoms with Gasteiger partial charge in [0.2, 0.25) is 0 Å². The van der Waals surface area contributed by atoms with Crippen molar-refractivity contribution in [3.05, 3.63) is 72.9 Å². The van der Waals surface area contributed by atoms with Crippen molar-refractivity contribution in [2.45, 2.75) is 197 Å². The van der Waals surface area contributed by atoms with E-state index in [1.165, 1.54) is 19.3 Å². The fourth-order valence-corrected chi connectivity index (χ4v) is 6.87. The molecule has 63 heavy (non-hydrogen) atoms. The zero-order valence-corrected chi connectivity index (χ0v) is 38.0. The van der Waals surface area contributed by atoms with Gasteiger partial charge in [0, 0.05) is 13.0 Å². The Balaban J connectivity index is 1.75. The molecular formula is C49H82O14. The van der Waals surface area contributed by atoms with Gasteiger partial charge >= 0.3 is 5.97 Å². The zero-order chi connectivity index (χ0) is 45.9. The molecule has 0 aromatic rings. The molecule has 2 aliphatic rings. The number of hydrogen-bond acceptors (Lipinski definition) is 14. The number of hydrogen-bond donors (Lipinski definition) is 7. The molecule has 14 heteroatoms. The highest BCUT2D eigenvalue weighted by Crippen LogP contribution is 2.26. The Morgan fingerprint density at radius 1 is 0.540 bits per heavy atom. The van der Waals surface area contributed by atoms with Crippen LogP contribution in [0.4, 0.5) is 0 Å². The lowest BCUT2D eigenvalue weighted by Crippen LogP contribution is -2.61. The summed E-state index contributed by atoms with van der Waals surface area (Å²) in [6.07, 6.45) is 27.2. The first kappa shape index (κ1) is 56.6. The Morgan fingerprint density at radius 3 is 1.60 bits per heavy atom. The number of rotatable bonds is 35. The number of esters is 1. The van der Waals surface area contributed by atoms with Crippen molar-refractivity contribution < 1.29 is 69.0 Å². The first-order valence-electron chi connectivity index (χ1n) is 23.5. The molecule has 11 unspecified atom stereocenters. The third-order valence-electron chi connectivity index (χ3n) is 10.7. The van der Waals surface area contributed by atoms with Gasteiger partial charge in [0.1, 0.15) is 54.9 Å². The number of aliphatic hydroxyl groups excluding tert-OH is 7. The average Bonchev–Trinajstić information content (AvgIpc) is 3.28. The van der Waals surface area contributed by atoms with Gasteiger partial charge in [0.25, 0.3) is 0 Å². The lowest BCUT2D eigenvalue weighted by Gasteiger charge is -2.42. The van der Waals surface area contributed by atoms with Crippen molar-refractivity contribution in [1.29, 1.82) is 0 Å². The smallest absolute Gasteiger partial charge is 0.306 e. The van der Waals surface area contributed by atoms with Crippen LogP contribution in [0, 0.1) is 0 Å². The average molecular weight is 895 g/mol. The van der Waals surface area contributed by atoms with Crippen molar-refractivity contribution >= 4 is 5.97 Å². The van der Waals surface area contributed by atoms with Gasteiger partial charge in [-0.25, -0.2) is 0 Å². The number of aliphatic hydroxyl groups is 7. The van der Waals surface area contributed by atoms with E-state index in [0.717, 1.165) is 83.5 Å². The van der Waals surface area contributed by atoms with Crippen molar-refractivity contribution in [2.24, 2.45) is 0 Å². The van der Waals surface area contributed by atoms with Crippen molar-refractivity contribution in [1.82, 2.24) is 0 Å². The number of carbonyl (C=O) groups is 1. The highest BCUT2D eigenvalue weighted by Gasteiger charge is 2.47. The molecule has 2 rings (SSSR count). The minimum Gasteiger partial charge on any atom is -0.457 e. The Morgan fingerprint density at radius 2 is 1.03 bits per heavy atom. The van der Waals surface area contributed by atoms with E-state index in [9.17, 15) is 40.5 Å². The summed E-state index contributed by atoms with van der Waals surface area (Å²) in [6, 6.07) is 0. The topological polar surface area (TPSA) is 214 Å². The third-order valence-corrected chi connectivity index (χ3v) is 10.7. The SMILES string of the molecule is CC/C=C\C/C=C\C/C=C\C/C=C\C/C=C\C/C=C\CCCCCOCC(COC1OC(COC2OC(CO)C(O)C(O)C2O)C(O)C(O)C1O)OC(=O)CCCCCCCCC. The summed E-state index contributed by atoms with van der Waals surface area (Å²) >= 11 is 0. The second-order valence-electron chi connectivity index (χ2n) is 16.2. The minimum atomic E-state index is -1.71. The molecule has 0 radical (unpaired) electrons. The Hall–Kier alpha value is -2.57. The summed E-state index contributed by atoms with van der Waals surface area (Å²) in [7, 11) is 0. The van der Waals surface area contributed by atoms with Gasteiger partial charge in [-0.2, -0.15) is 0 Å². The Bertz CT molecular complexity index is 1310. The molecule has 2 heterocycles. The normalized spacial score (nSPS) is 27.6. The van der Waals surface area contributed by atoms with E-state index in [0.29, 0.717) is 13.0 Å². The molecule has 0 spiro atoms. The van der Waals surface area contributed by atoms with E-state index in [-0.39, 0.29) is 19.6 Å². The van der Waals surface area contributed by atoms with E-state index in [4.69, 9.17) is 28.4 Å². The first-order valence-corrected chi connectivity index (χ1v) is 23.5. The summed E-state index contributed by atoms with van der Waals surface area (Å²) in [4.78, 5) is 12.8. The maximum Gasteiger partial charge on any atom is 0.306 e. The molecule has 7 N–H and O–H groups in total. The maximum absolute atomic E-state index is 12.8. The van der Waals surface area contributed by atoms with Crippen LogP contribution in [0.3, 0.4) is 0 Å². The summed E-state index contributed by atoms with van der Waals surface area (Å²) in [5, 5.41) is 71.8. The molecule has 14 nitrogen and oxygen atoms in total. The number of carbonyl (C=O) groups excluding carboxylic acids is 1. The van der Waals surface area contributed by atoms with Crippen LogP contribution in [0.25, 0.3) is 0 Å². The van der Waals surface area contributed by atoms with Crippen LogP contribution >= 0.6 is 0 Å². The largest absolute Gasteiger partial charge is 0.457 e. The second-order valence-corrected chi connectivity index (χ2v) is 16.2. The highest BCUT2D eigenvalue weighted by molar-refractivity contribution is 5.69. The van der Waals surface area contributed by atoms with E-state index in [1.807, 2.05) is 0 Å². The number of unbranched alkanes of at least 4 members (excludes halogenated alkanes) is 9. The van der Waals surface area contributed by atoms with Crippen LogP contribution < -0.4 is 0 Å². The minimum absolute atomic E-state index is 0.0353. The molecule has 2 saturated heterocycles. The number of ether oxygens (including phenoxy) is 6. The first-order chi connectivity index (χ1) is 30.6. The van der Waals surface area contributed by atoms with Crippen LogP contribution in [0.5, 0.6) is 0 Å². The Labute approximate surface area is 377 Å². The Kier molecular flexibility index (Phi) is 32.9. The lowest BCUT2D eigenvalue weighted by molar-refractivity contribution is -0.332. The summed E-state index contributed by atoms with van der Waals surface area (Å²) < 4.78 is 34.0. The van der Waals surface area contributed by atoms with Crippen LogP contribution in [0.2, 0.25) is 0 Å². The van der Waals surface area contributed by atoms with Gasteiger partial charge < -0.3 is 64.2 Å². The van der Waals surface area contributed by atoms with Gasteiger partial charge in [-0.15, -0.1) is 0 Å². The molecule has 0 saturated carbocycles. The molecule has 0 amide bonds. The molecule has 2 fully saturated rings. The van der Waals surface area contributed by atoms with Crippen LogP contribution in [0.15, 0.2) is 72.9 Å². The fourth-order valence-electron chi connectivity index (χ4n) is 6.87. The predicted octanol–water partition coefficient (Wildman–Crippen LogP) is 5.95. The van der Waals surface area contributed by atoms with Crippen molar-refractivity contribution in [2.75, 3.05) is 33.0 Å². The number of allylic oxidation sites excluding steroid dienone is 12. The van der Waals surface area contributed by atoms with Gasteiger partial charge in [-0.1, -0.05) is 132 Å². The maximum atomic E-state index is 12.8. The fraction of sp³-hybridized carbons (Fsp3) is 0.735. The van der Waals surface area contributed by atoms with Crippen LogP contribution in [-0.2, 0) is 33.2 Å². The molecule has 0 aromatic heterocycles. The van der Waals surface area contributed by atoms with Gasteiger partial charge in [0.05, 0.1) is 26.4 Å². The standard InChI is InChI=1S/C49H82O14/c1-3-5-7-9-11-12-13-14-15-16-17-18-19-20-21-22-23-24-25-27-29-31-33-58-35-38(61-41(51)32-30-28-26-10-8-6-4-2)36-59-48-47(57)45(55)43(53)40(63-48)37-60-49-46(56)44(54)42(52)39(34-50)62-49/h5,7,11-12,14-15,17-18,20-21,23-24,38-40,42-50,52-57H,3-4,6,8-10,13,16,19,22,25-37H2,1-2H3/b7-5-,12-11-,15-14-,18-17-,21-20-,24-23-. The summed E-state index contributed by atoms with van der Waals surface area (Å²) in [6.45, 7) is 3.40. The van der Waals surface area contributed by atoms with Crippen molar-refractivity contribution in [3.8, 4) is 0 Å².